The molecule has 0 amide bonds. The molecule has 2 aromatic carbocycles. The van der Waals surface area contributed by atoms with Crippen molar-refractivity contribution in [3.63, 3.8) is 0 Å². The molecule has 0 atom stereocenters. The first-order valence-electron chi connectivity index (χ1n) is 11.3. The van der Waals surface area contributed by atoms with Crippen LogP contribution in [0.5, 0.6) is 5.75 Å². The number of phenols is 1. The number of rotatable bonds is 10. The fourth-order valence-electron chi connectivity index (χ4n) is 3.72. The number of hydrogen-bond acceptors (Lipinski definition) is 3. The summed E-state index contributed by atoms with van der Waals surface area (Å²) >= 11 is 0. The first kappa shape index (κ1) is 24.6. The fraction of sp³-hybridized carbons (Fsp3) is 0.385. The summed E-state index contributed by atoms with van der Waals surface area (Å²) in [4.78, 5) is 12.7. The van der Waals surface area contributed by atoms with Gasteiger partial charge in [0, 0.05) is 29.8 Å². The van der Waals surface area contributed by atoms with E-state index in [0.717, 1.165) is 43.5 Å². The van der Waals surface area contributed by atoms with Crippen LogP contribution in [0.1, 0.15) is 66.2 Å². The summed E-state index contributed by atoms with van der Waals surface area (Å²) in [5.74, 6) is 0.116. The van der Waals surface area contributed by atoms with Crippen LogP contribution >= 0.6 is 0 Å². The van der Waals surface area contributed by atoms with Gasteiger partial charge in [0.25, 0.3) is 0 Å². The molecular formula is C26H29F3N2O2. The molecule has 3 rings (SSSR count). The number of unbranched alkanes of at least 4 members (excludes halogenated alkanes) is 3. The van der Waals surface area contributed by atoms with E-state index < -0.39 is 11.7 Å². The maximum absolute atomic E-state index is 12.9. The zero-order valence-corrected chi connectivity index (χ0v) is 19.0. The van der Waals surface area contributed by atoms with Crippen molar-refractivity contribution in [2.75, 3.05) is 0 Å². The van der Waals surface area contributed by atoms with E-state index in [1.807, 2.05) is 10.7 Å². The first-order valence-corrected chi connectivity index (χ1v) is 11.3. The van der Waals surface area contributed by atoms with Crippen molar-refractivity contribution >= 4 is 5.78 Å². The molecule has 33 heavy (non-hydrogen) atoms. The second-order valence-electron chi connectivity index (χ2n) is 8.30. The van der Waals surface area contributed by atoms with Crippen molar-refractivity contribution < 1.29 is 23.1 Å². The lowest BCUT2D eigenvalue weighted by Gasteiger charge is -2.08. The Bertz CT molecular complexity index is 1090. The van der Waals surface area contributed by atoms with Crippen molar-refractivity contribution in [1.29, 1.82) is 0 Å². The van der Waals surface area contributed by atoms with Crippen LogP contribution in [0.3, 0.4) is 0 Å². The van der Waals surface area contributed by atoms with Gasteiger partial charge in [-0.15, -0.1) is 0 Å². The number of carbonyl (C=O) groups excluding carboxylic acids is 1. The van der Waals surface area contributed by atoms with E-state index in [1.54, 1.807) is 19.1 Å². The van der Waals surface area contributed by atoms with Crippen molar-refractivity contribution in [2.24, 2.45) is 0 Å². The average Bonchev–Trinajstić information content (AvgIpc) is 3.19. The summed E-state index contributed by atoms with van der Waals surface area (Å²) in [6.07, 6.45) is 0.619. The summed E-state index contributed by atoms with van der Waals surface area (Å²) in [5.41, 5.74) is 2.58. The molecule has 7 heteroatoms. The number of hydrogen-bond donors (Lipinski definition) is 1. The Morgan fingerprint density at radius 1 is 1.03 bits per heavy atom. The Balaban J connectivity index is 1.78. The van der Waals surface area contributed by atoms with Crippen LogP contribution in [-0.2, 0) is 19.1 Å². The minimum atomic E-state index is -4.38. The molecule has 0 saturated carbocycles. The van der Waals surface area contributed by atoms with Gasteiger partial charge in [-0.3, -0.25) is 9.48 Å². The Kier molecular flexibility index (Phi) is 7.95. The van der Waals surface area contributed by atoms with Gasteiger partial charge in [-0.25, -0.2) is 0 Å². The molecular weight excluding hydrogens is 429 g/mol. The zero-order chi connectivity index (χ0) is 24.0. The SMILES string of the molecule is CCCCCCn1nc(-c2ccc(C(F)(F)F)cc2)cc1CCC(=O)c1ccc(O)c(C)c1. The van der Waals surface area contributed by atoms with E-state index in [1.165, 1.54) is 18.2 Å². The quantitative estimate of drug-likeness (QED) is 0.263. The zero-order valence-electron chi connectivity index (χ0n) is 19.0. The highest BCUT2D eigenvalue weighted by Gasteiger charge is 2.30. The van der Waals surface area contributed by atoms with Crippen LogP contribution in [0.25, 0.3) is 11.3 Å². The van der Waals surface area contributed by atoms with Crippen molar-refractivity contribution in [2.45, 2.75) is 65.1 Å². The topological polar surface area (TPSA) is 55.1 Å². The number of benzene rings is 2. The maximum atomic E-state index is 12.9. The number of ketones is 1. The van der Waals surface area contributed by atoms with Crippen molar-refractivity contribution in [1.82, 2.24) is 9.78 Å². The molecule has 0 aliphatic rings. The van der Waals surface area contributed by atoms with Crippen LogP contribution in [-0.4, -0.2) is 20.7 Å². The predicted octanol–water partition coefficient (Wildman–Crippen LogP) is 6.98. The average molecular weight is 459 g/mol. The maximum Gasteiger partial charge on any atom is 0.416 e. The van der Waals surface area contributed by atoms with Gasteiger partial charge in [-0.2, -0.15) is 18.3 Å². The Morgan fingerprint density at radius 2 is 1.76 bits per heavy atom. The smallest absolute Gasteiger partial charge is 0.416 e. The van der Waals surface area contributed by atoms with E-state index in [4.69, 9.17) is 0 Å². The number of aryl methyl sites for hydroxylation is 3. The van der Waals surface area contributed by atoms with Crippen LogP contribution in [0.15, 0.2) is 48.5 Å². The van der Waals surface area contributed by atoms with Crippen molar-refractivity contribution in [3.8, 4) is 17.0 Å². The second kappa shape index (κ2) is 10.7. The Morgan fingerprint density at radius 3 is 2.39 bits per heavy atom. The largest absolute Gasteiger partial charge is 0.508 e. The van der Waals surface area contributed by atoms with Gasteiger partial charge >= 0.3 is 6.18 Å². The van der Waals surface area contributed by atoms with Gasteiger partial charge in [0.15, 0.2) is 5.78 Å². The summed E-state index contributed by atoms with van der Waals surface area (Å²) in [7, 11) is 0. The number of Topliss-reactive ketones (excluding diaryl/α,β-unsaturated/α-hetero) is 1. The van der Waals surface area contributed by atoms with Gasteiger partial charge in [0.1, 0.15) is 5.75 Å². The van der Waals surface area contributed by atoms with E-state index >= 15 is 0 Å². The minimum absolute atomic E-state index is 0.0343. The molecule has 0 radical (unpaired) electrons. The number of alkyl halides is 3. The number of aromatic nitrogens is 2. The Labute approximate surface area is 192 Å². The molecule has 3 aromatic rings. The van der Waals surface area contributed by atoms with E-state index in [2.05, 4.69) is 12.0 Å². The van der Waals surface area contributed by atoms with E-state index in [-0.39, 0.29) is 18.0 Å². The van der Waals surface area contributed by atoms with Gasteiger partial charge in [-0.05, 0) is 61.7 Å². The van der Waals surface area contributed by atoms with Gasteiger partial charge in [0.05, 0.1) is 11.3 Å². The minimum Gasteiger partial charge on any atom is -0.508 e. The number of nitrogens with zero attached hydrogens (tertiary/aromatic N) is 2. The molecule has 1 aromatic heterocycles. The normalized spacial score (nSPS) is 11.7. The molecule has 176 valence electrons. The third kappa shape index (κ3) is 6.46. The third-order valence-electron chi connectivity index (χ3n) is 5.72. The van der Waals surface area contributed by atoms with Crippen LogP contribution in [0.2, 0.25) is 0 Å². The molecule has 4 nitrogen and oxygen atoms in total. The highest BCUT2D eigenvalue weighted by atomic mass is 19.4. The van der Waals surface area contributed by atoms with Gasteiger partial charge in [-0.1, -0.05) is 38.3 Å². The number of aromatic hydroxyl groups is 1. The summed E-state index contributed by atoms with van der Waals surface area (Å²) < 4.78 is 40.5. The number of carbonyl (C=O) groups is 1. The molecule has 1 heterocycles. The number of halogens is 3. The monoisotopic (exact) mass is 458 g/mol. The second-order valence-corrected chi connectivity index (χ2v) is 8.30. The van der Waals surface area contributed by atoms with E-state index in [0.29, 0.717) is 35.3 Å². The third-order valence-corrected chi connectivity index (χ3v) is 5.72. The Hall–Kier alpha value is -3.09. The highest BCUT2D eigenvalue weighted by molar-refractivity contribution is 5.96. The van der Waals surface area contributed by atoms with E-state index in [9.17, 15) is 23.1 Å². The van der Waals surface area contributed by atoms with Crippen LogP contribution in [0, 0.1) is 6.92 Å². The predicted molar refractivity (Wildman–Crippen MR) is 122 cm³/mol. The summed E-state index contributed by atoms with van der Waals surface area (Å²) in [6, 6.07) is 11.6. The molecule has 0 aliphatic heterocycles. The highest BCUT2D eigenvalue weighted by Crippen LogP contribution is 2.31. The summed E-state index contributed by atoms with van der Waals surface area (Å²) in [6.45, 7) is 4.58. The van der Waals surface area contributed by atoms with Gasteiger partial charge in [0.2, 0.25) is 0 Å². The van der Waals surface area contributed by atoms with Gasteiger partial charge < -0.3 is 5.11 Å². The summed E-state index contributed by atoms with van der Waals surface area (Å²) in [5, 5.41) is 14.3. The lowest BCUT2D eigenvalue weighted by Crippen LogP contribution is -2.08. The molecule has 0 saturated heterocycles. The molecule has 0 bridgehead atoms. The lowest BCUT2D eigenvalue weighted by atomic mass is 10.0. The fourth-order valence-corrected chi connectivity index (χ4v) is 3.72. The molecule has 0 unspecified atom stereocenters. The first-order chi connectivity index (χ1) is 15.7. The molecule has 1 N–H and O–H groups in total. The van der Waals surface area contributed by atoms with Crippen molar-refractivity contribution in [3.05, 3.63) is 70.9 Å². The van der Waals surface area contributed by atoms with Crippen LogP contribution in [0.4, 0.5) is 13.2 Å². The molecule has 0 spiro atoms. The number of phenolic OH excluding ortho intramolecular Hbond substituents is 1. The molecule has 0 fully saturated rings. The standard InChI is InChI=1S/C26H29F3N2O2/c1-3-4-5-6-15-31-22(12-14-25(33)20-9-13-24(32)18(2)16-20)17-23(30-31)19-7-10-21(11-8-19)26(27,28)29/h7-11,13,16-17,32H,3-6,12,14-15H2,1-2H3. The molecule has 0 aliphatic carbocycles. The lowest BCUT2D eigenvalue weighted by molar-refractivity contribution is -0.137. The van der Waals surface area contributed by atoms with Crippen LogP contribution < -0.4 is 0 Å².